The topological polar surface area (TPSA) is 64.4 Å². The summed E-state index contributed by atoms with van der Waals surface area (Å²) in [4.78, 5) is 3.99. The number of aliphatic imine (C=N–C) groups is 1. The molecule has 0 spiro atoms. The van der Waals surface area contributed by atoms with E-state index in [-0.39, 0.29) is 6.17 Å². The van der Waals surface area contributed by atoms with Gasteiger partial charge in [-0.1, -0.05) is 13.0 Å². The van der Waals surface area contributed by atoms with Crippen LogP contribution in [0.1, 0.15) is 13.3 Å². The Morgan fingerprint density at radius 2 is 2.40 bits per heavy atom. The van der Waals surface area contributed by atoms with Crippen molar-refractivity contribution in [2.24, 2.45) is 16.5 Å². The summed E-state index contributed by atoms with van der Waals surface area (Å²) >= 11 is 0. The molecule has 1 aliphatic heterocycles. The summed E-state index contributed by atoms with van der Waals surface area (Å²) in [5.74, 6) is 0. The minimum absolute atomic E-state index is 0.275. The highest BCUT2D eigenvalue weighted by molar-refractivity contribution is 5.73. The first-order chi connectivity index (χ1) is 4.69. The lowest BCUT2D eigenvalue weighted by molar-refractivity contribution is 0.416. The van der Waals surface area contributed by atoms with Crippen molar-refractivity contribution >= 4 is 6.21 Å². The van der Waals surface area contributed by atoms with Gasteiger partial charge in [-0.05, 0) is 12.5 Å². The van der Waals surface area contributed by atoms with E-state index in [1.807, 2.05) is 19.1 Å². The molecule has 1 aliphatic rings. The quantitative estimate of drug-likeness (QED) is 0.538. The smallest absolute Gasteiger partial charge is 0.119 e. The van der Waals surface area contributed by atoms with Crippen LogP contribution in [0.3, 0.4) is 0 Å². The molecule has 3 nitrogen and oxygen atoms in total. The minimum Gasteiger partial charge on any atom is -0.319 e. The van der Waals surface area contributed by atoms with Gasteiger partial charge < -0.3 is 11.5 Å². The molecule has 0 aliphatic carbocycles. The third kappa shape index (κ3) is 1.10. The Labute approximate surface area is 60.8 Å². The van der Waals surface area contributed by atoms with Crippen LogP contribution in [0, 0.1) is 0 Å². The van der Waals surface area contributed by atoms with E-state index in [0.29, 0.717) is 0 Å². The highest BCUT2D eigenvalue weighted by atomic mass is 15.0. The summed E-state index contributed by atoms with van der Waals surface area (Å²) in [6.45, 7) is 2.00. The van der Waals surface area contributed by atoms with Gasteiger partial charge >= 0.3 is 0 Å². The molecule has 1 rings (SSSR count). The van der Waals surface area contributed by atoms with Crippen LogP contribution in [0.5, 0.6) is 0 Å². The van der Waals surface area contributed by atoms with Crippen molar-refractivity contribution in [3.05, 3.63) is 12.2 Å². The summed E-state index contributed by atoms with van der Waals surface area (Å²) in [5, 5.41) is 0. The number of allylic oxidation sites excluding steroid dienone is 1. The molecule has 0 saturated carbocycles. The summed E-state index contributed by atoms with van der Waals surface area (Å²) in [6, 6.07) is 0. The second-order valence-corrected chi connectivity index (χ2v) is 2.57. The van der Waals surface area contributed by atoms with E-state index in [1.165, 1.54) is 0 Å². The second-order valence-electron chi connectivity index (χ2n) is 2.57. The largest absolute Gasteiger partial charge is 0.319 e. The molecule has 3 heteroatoms. The van der Waals surface area contributed by atoms with Crippen LogP contribution in [0.15, 0.2) is 17.1 Å². The Hall–Kier alpha value is -0.670. The van der Waals surface area contributed by atoms with Gasteiger partial charge in [-0.25, -0.2) is 0 Å². The Balaban J connectivity index is 2.77. The van der Waals surface area contributed by atoms with Crippen molar-refractivity contribution in [1.29, 1.82) is 0 Å². The van der Waals surface area contributed by atoms with Crippen molar-refractivity contribution in [1.82, 2.24) is 0 Å². The molecule has 2 atom stereocenters. The maximum atomic E-state index is 5.88. The molecule has 0 radical (unpaired) electrons. The van der Waals surface area contributed by atoms with Crippen molar-refractivity contribution in [3.8, 4) is 0 Å². The number of hydrogen-bond donors (Lipinski definition) is 2. The number of rotatable bonds is 1. The SMILES string of the molecule is CCC1(N)C=CC=NC1N. The molecule has 0 aromatic heterocycles. The number of nitrogens with zero attached hydrogens (tertiary/aromatic N) is 1. The monoisotopic (exact) mass is 139 g/mol. The van der Waals surface area contributed by atoms with Gasteiger partial charge in [0, 0.05) is 6.21 Å². The van der Waals surface area contributed by atoms with Crippen LogP contribution in [-0.2, 0) is 0 Å². The zero-order valence-electron chi connectivity index (χ0n) is 6.12. The third-order valence-corrected chi connectivity index (χ3v) is 1.90. The van der Waals surface area contributed by atoms with E-state index in [2.05, 4.69) is 4.99 Å². The maximum Gasteiger partial charge on any atom is 0.119 e. The molecule has 0 aromatic rings. The zero-order chi connectivity index (χ0) is 7.61. The third-order valence-electron chi connectivity index (χ3n) is 1.90. The molecule has 4 N–H and O–H groups in total. The van der Waals surface area contributed by atoms with Gasteiger partial charge in [0.25, 0.3) is 0 Å². The van der Waals surface area contributed by atoms with Crippen LogP contribution in [0.25, 0.3) is 0 Å². The highest BCUT2D eigenvalue weighted by Gasteiger charge is 2.28. The molecule has 56 valence electrons. The summed E-state index contributed by atoms with van der Waals surface area (Å²) in [7, 11) is 0. The number of hydrogen-bond acceptors (Lipinski definition) is 3. The van der Waals surface area contributed by atoms with Gasteiger partial charge in [0.1, 0.15) is 6.17 Å². The van der Waals surface area contributed by atoms with Gasteiger partial charge in [0.15, 0.2) is 0 Å². The molecule has 2 unspecified atom stereocenters. The van der Waals surface area contributed by atoms with Gasteiger partial charge in [0.05, 0.1) is 5.54 Å². The molecule has 1 heterocycles. The van der Waals surface area contributed by atoms with Crippen molar-refractivity contribution in [2.75, 3.05) is 0 Å². The molecule has 0 saturated heterocycles. The lowest BCUT2D eigenvalue weighted by atomic mass is 9.92. The predicted molar refractivity (Wildman–Crippen MR) is 42.8 cm³/mol. The zero-order valence-corrected chi connectivity index (χ0v) is 6.12. The van der Waals surface area contributed by atoms with Crippen molar-refractivity contribution in [3.63, 3.8) is 0 Å². The molecule has 0 fully saturated rings. The van der Waals surface area contributed by atoms with Gasteiger partial charge in [-0.15, -0.1) is 0 Å². The Kier molecular flexibility index (Phi) is 1.87. The van der Waals surface area contributed by atoms with Crippen LogP contribution in [0.4, 0.5) is 0 Å². The molecular weight excluding hydrogens is 126 g/mol. The first kappa shape index (κ1) is 7.44. The summed E-state index contributed by atoms with van der Waals surface area (Å²) in [5.41, 5.74) is 11.1. The van der Waals surface area contributed by atoms with Crippen LogP contribution >= 0.6 is 0 Å². The van der Waals surface area contributed by atoms with Crippen molar-refractivity contribution < 1.29 is 0 Å². The lowest BCUT2D eigenvalue weighted by Gasteiger charge is -2.29. The Morgan fingerprint density at radius 1 is 1.70 bits per heavy atom. The van der Waals surface area contributed by atoms with E-state index < -0.39 is 5.54 Å². The van der Waals surface area contributed by atoms with Gasteiger partial charge in [-0.2, -0.15) is 0 Å². The first-order valence-electron chi connectivity index (χ1n) is 3.44. The van der Waals surface area contributed by atoms with Crippen LogP contribution in [0.2, 0.25) is 0 Å². The molecular formula is C7H13N3. The molecule has 0 aromatic carbocycles. The van der Waals surface area contributed by atoms with E-state index in [0.717, 1.165) is 6.42 Å². The first-order valence-corrected chi connectivity index (χ1v) is 3.44. The fraction of sp³-hybridized carbons (Fsp3) is 0.571. The van der Waals surface area contributed by atoms with Crippen LogP contribution in [-0.4, -0.2) is 17.9 Å². The number of dihydropyridines is 1. The van der Waals surface area contributed by atoms with Gasteiger partial charge in [0.2, 0.25) is 0 Å². The van der Waals surface area contributed by atoms with E-state index in [9.17, 15) is 0 Å². The average Bonchev–Trinajstić information content (AvgIpc) is 1.96. The standard InChI is InChI=1S/C7H13N3/c1-2-7(9)4-3-5-10-6(7)8/h3-6H,2,8-9H2,1H3. The van der Waals surface area contributed by atoms with E-state index in [4.69, 9.17) is 11.5 Å². The predicted octanol–water partition coefficient (Wildman–Crippen LogP) is 0.0193. The number of nitrogens with two attached hydrogens (primary N) is 2. The normalized spacial score (nSPS) is 38.5. The second kappa shape index (κ2) is 2.52. The minimum atomic E-state index is -0.422. The van der Waals surface area contributed by atoms with Crippen molar-refractivity contribution in [2.45, 2.75) is 25.0 Å². The molecule has 0 bridgehead atoms. The summed E-state index contributed by atoms with van der Waals surface area (Å²) < 4.78 is 0. The van der Waals surface area contributed by atoms with Crippen LogP contribution < -0.4 is 11.5 Å². The molecule has 10 heavy (non-hydrogen) atoms. The fourth-order valence-corrected chi connectivity index (χ4v) is 0.929. The lowest BCUT2D eigenvalue weighted by Crippen LogP contribution is -2.53. The molecule has 0 amide bonds. The average molecular weight is 139 g/mol. The Morgan fingerprint density at radius 3 is 2.80 bits per heavy atom. The van der Waals surface area contributed by atoms with E-state index in [1.54, 1.807) is 6.21 Å². The Bertz CT molecular complexity index is 174. The van der Waals surface area contributed by atoms with E-state index >= 15 is 0 Å². The van der Waals surface area contributed by atoms with Gasteiger partial charge in [-0.3, -0.25) is 4.99 Å². The summed E-state index contributed by atoms with van der Waals surface area (Å²) in [6.07, 6.45) is 5.98. The highest BCUT2D eigenvalue weighted by Crippen LogP contribution is 2.15. The fourth-order valence-electron chi connectivity index (χ4n) is 0.929. The maximum absolute atomic E-state index is 5.88.